The molecule has 3 aromatic heterocycles. The van der Waals surface area contributed by atoms with Crippen LogP contribution in [-0.4, -0.2) is 61.6 Å². The second kappa shape index (κ2) is 11.6. The molecule has 12 nitrogen and oxygen atoms in total. The van der Waals surface area contributed by atoms with E-state index in [1.54, 1.807) is 50.4 Å². The van der Waals surface area contributed by atoms with Crippen molar-refractivity contribution in [3.63, 3.8) is 0 Å². The Hall–Kier alpha value is -4.65. The summed E-state index contributed by atoms with van der Waals surface area (Å²) in [5.74, 6) is 1.12. The van der Waals surface area contributed by atoms with Gasteiger partial charge in [-0.05, 0) is 18.2 Å². The zero-order chi connectivity index (χ0) is 28.2. The summed E-state index contributed by atoms with van der Waals surface area (Å²) >= 11 is 0. The van der Waals surface area contributed by atoms with Gasteiger partial charge in [0.15, 0.2) is 17.4 Å². The Morgan fingerprint density at radius 3 is 2.70 bits per heavy atom. The number of para-hydroxylation sites is 1. The lowest BCUT2D eigenvalue weighted by molar-refractivity contribution is 0.0988. The Labute approximate surface area is 229 Å². The normalized spacial score (nSPS) is 16.6. The van der Waals surface area contributed by atoms with Crippen molar-refractivity contribution in [2.24, 2.45) is 13.0 Å². The number of anilines is 4. The largest absolute Gasteiger partial charge is 0.494 e. The minimum Gasteiger partial charge on any atom is -0.494 e. The van der Waals surface area contributed by atoms with Crippen molar-refractivity contribution in [1.29, 1.82) is 0 Å². The van der Waals surface area contributed by atoms with Crippen LogP contribution in [0.15, 0.2) is 53.8 Å². The van der Waals surface area contributed by atoms with Crippen molar-refractivity contribution < 1.29 is 18.7 Å². The zero-order valence-corrected chi connectivity index (χ0v) is 22.3. The molecule has 5 rings (SSSR count). The van der Waals surface area contributed by atoms with Gasteiger partial charge < -0.3 is 20.1 Å². The van der Waals surface area contributed by atoms with E-state index in [0.717, 1.165) is 0 Å². The van der Waals surface area contributed by atoms with E-state index in [9.17, 15) is 14.0 Å². The number of aromatic nitrogens is 6. The highest BCUT2D eigenvalue weighted by atomic mass is 19.1. The molecule has 0 saturated carbocycles. The number of hydrogen-bond donors (Lipinski definition) is 2. The fraction of sp³-hybridized carbons (Fsp3) is 0.333. The van der Waals surface area contributed by atoms with Crippen LogP contribution in [0.5, 0.6) is 5.75 Å². The van der Waals surface area contributed by atoms with Crippen molar-refractivity contribution in [2.45, 2.75) is 26.1 Å². The maximum absolute atomic E-state index is 13.9. The molecular formula is C27H29FN8O4. The Balaban J connectivity index is 1.43. The quantitative estimate of drug-likeness (QED) is 0.283. The SMILES string of the molecule is CCC(=O)c1cnc(Nc2ccn(CC3COCC3F)c(=O)n2)cc1Nc1cccc(-c2ncn(C)n2)c1OC. The maximum atomic E-state index is 13.9. The van der Waals surface area contributed by atoms with Gasteiger partial charge in [-0.2, -0.15) is 10.1 Å². The molecule has 1 aliphatic rings. The van der Waals surface area contributed by atoms with Crippen LogP contribution in [0.1, 0.15) is 23.7 Å². The molecule has 40 heavy (non-hydrogen) atoms. The van der Waals surface area contributed by atoms with E-state index in [2.05, 4.69) is 30.7 Å². The number of alkyl halides is 1. The van der Waals surface area contributed by atoms with Gasteiger partial charge in [0, 0.05) is 44.4 Å². The van der Waals surface area contributed by atoms with E-state index in [4.69, 9.17) is 9.47 Å². The lowest BCUT2D eigenvalue weighted by Crippen LogP contribution is -2.29. The number of nitrogens with one attached hydrogen (secondary N) is 2. The van der Waals surface area contributed by atoms with Crippen molar-refractivity contribution in [2.75, 3.05) is 31.0 Å². The molecule has 0 spiro atoms. The standard InChI is InChI=1S/C27H29FN8O4/c1-4-22(37)18-11-29-24(32-23-8-9-36(27(38)33-23)12-16-13-40-14-19(16)28)10-21(18)31-20-7-5-6-17(25(20)39-3)26-30-15-35(2)34-26/h5-11,15-16,19H,4,12-14H2,1-3H3,(H2,29,31,32,33,38). The molecule has 2 N–H and O–H groups in total. The number of benzene rings is 1. The Kier molecular flexibility index (Phi) is 7.82. The first-order valence-corrected chi connectivity index (χ1v) is 12.8. The van der Waals surface area contributed by atoms with Gasteiger partial charge in [-0.15, -0.1) is 0 Å². The summed E-state index contributed by atoms with van der Waals surface area (Å²) in [6.45, 7) is 2.26. The number of ketones is 1. The highest BCUT2D eigenvalue weighted by Gasteiger charge is 2.28. The van der Waals surface area contributed by atoms with E-state index in [0.29, 0.717) is 39.9 Å². The highest BCUT2D eigenvalue weighted by Crippen LogP contribution is 2.37. The van der Waals surface area contributed by atoms with E-state index in [1.807, 2.05) is 18.2 Å². The Morgan fingerprint density at radius 1 is 1.18 bits per heavy atom. The average molecular weight is 549 g/mol. The molecule has 208 valence electrons. The molecule has 1 aromatic carbocycles. The van der Waals surface area contributed by atoms with Crippen molar-refractivity contribution in [3.05, 3.63) is 65.1 Å². The van der Waals surface area contributed by atoms with Crippen LogP contribution in [0.25, 0.3) is 11.4 Å². The number of aryl methyl sites for hydroxylation is 1. The molecule has 4 heterocycles. The van der Waals surface area contributed by atoms with Crippen molar-refractivity contribution >= 4 is 28.8 Å². The van der Waals surface area contributed by atoms with Crippen LogP contribution in [-0.2, 0) is 18.3 Å². The third kappa shape index (κ3) is 5.69. The molecule has 13 heteroatoms. The molecular weight excluding hydrogens is 519 g/mol. The van der Waals surface area contributed by atoms with E-state index >= 15 is 0 Å². The third-order valence-corrected chi connectivity index (χ3v) is 6.54. The monoisotopic (exact) mass is 548 g/mol. The summed E-state index contributed by atoms with van der Waals surface area (Å²) in [6, 6.07) is 8.76. The number of carbonyl (C=O) groups excluding carboxylic acids is 1. The summed E-state index contributed by atoms with van der Waals surface area (Å²) < 4.78 is 27.7. The van der Waals surface area contributed by atoms with Crippen LogP contribution in [0.2, 0.25) is 0 Å². The predicted molar refractivity (Wildman–Crippen MR) is 146 cm³/mol. The first-order chi connectivity index (χ1) is 19.4. The van der Waals surface area contributed by atoms with Gasteiger partial charge in [0.05, 0.1) is 42.8 Å². The summed E-state index contributed by atoms with van der Waals surface area (Å²) in [5, 5.41) is 10.7. The van der Waals surface area contributed by atoms with Gasteiger partial charge >= 0.3 is 5.69 Å². The number of hydrogen-bond acceptors (Lipinski definition) is 10. The Bertz CT molecular complexity index is 1590. The minimum absolute atomic E-state index is 0.0429. The summed E-state index contributed by atoms with van der Waals surface area (Å²) in [6.07, 6.45) is 3.79. The van der Waals surface area contributed by atoms with Gasteiger partial charge in [0.1, 0.15) is 24.1 Å². The summed E-state index contributed by atoms with van der Waals surface area (Å²) in [7, 11) is 3.33. The van der Waals surface area contributed by atoms with Crippen molar-refractivity contribution in [1.82, 2.24) is 29.3 Å². The van der Waals surface area contributed by atoms with Gasteiger partial charge in [-0.3, -0.25) is 14.0 Å². The van der Waals surface area contributed by atoms with Gasteiger partial charge in [-0.1, -0.05) is 13.0 Å². The number of pyridine rings is 1. The van der Waals surface area contributed by atoms with Gasteiger partial charge in [0.25, 0.3) is 0 Å². The molecule has 0 bridgehead atoms. The van der Waals surface area contributed by atoms with Crippen molar-refractivity contribution in [3.8, 4) is 17.1 Å². The number of rotatable bonds is 10. The lowest BCUT2D eigenvalue weighted by atomic mass is 10.1. The summed E-state index contributed by atoms with van der Waals surface area (Å²) in [4.78, 5) is 38.1. The fourth-order valence-electron chi connectivity index (χ4n) is 4.44. The lowest BCUT2D eigenvalue weighted by Gasteiger charge is -2.17. The molecule has 0 amide bonds. The second-order valence-corrected chi connectivity index (χ2v) is 9.33. The number of ether oxygens (including phenoxy) is 2. The first-order valence-electron chi connectivity index (χ1n) is 12.8. The van der Waals surface area contributed by atoms with Crippen LogP contribution in [0.3, 0.4) is 0 Å². The molecule has 2 unspecified atom stereocenters. The highest BCUT2D eigenvalue weighted by molar-refractivity contribution is 6.02. The van der Waals surface area contributed by atoms with Crippen LogP contribution in [0.4, 0.5) is 27.4 Å². The van der Waals surface area contributed by atoms with Crippen LogP contribution < -0.4 is 21.1 Å². The van der Waals surface area contributed by atoms with E-state index in [1.165, 1.54) is 10.8 Å². The molecule has 1 saturated heterocycles. The smallest absolute Gasteiger partial charge is 0.349 e. The van der Waals surface area contributed by atoms with Crippen LogP contribution >= 0.6 is 0 Å². The topological polar surface area (TPSA) is 138 Å². The van der Waals surface area contributed by atoms with E-state index < -0.39 is 11.9 Å². The third-order valence-electron chi connectivity index (χ3n) is 6.54. The van der Waals surface area contributed by atoms with Gasteiger partial charge in [-0.25, -0.2) is 19.2 Å². The van der Waals surface area contributed by atoms with Crippen LogP contribution in [0, 0.1) is 5.92 Å². The number of halogens is 1. The first kappa shape index (κ1) is 26.9. The van der Waals surface area contributed by atoms with E-state index in [-0.39, 0.29) is 43.7 Å². The molecule has 0 aliphatic carbocycles. The zero-order valence-electron chi connectivity index (χ0n) is 22.3. The molecule has 1 aliphatic heterocycles. The molecule has 1 fully saturated rings. The maximum Gasteiger partial charge on any atom is 0.349 e. The number of nitrogens with zero attached hydrogens (tertiary/aromatic N) is 6. The average Bonchev–Trinajstić information content (AvgIpc) is 3.57. The summed E-state index contributed by atoms with van der Waals surface area (Å²) in [5.41, 5.74) is 1.62. The molecule has 0 radical (unpaired) electrons. The molecule has 4 aromatic rings. The number of methoxy groups -OCH3 is 1. The minimum atomic E-state index is -1.11. The van der Waals surface area contributed by atoms with Gasteiger partial charge in [0.2, 0.25) is 0 Å². The number of carbonyl (C=O) groups is 1. The second-order valence-electron chi connectivity index (χ2n) is 9.33. The Morgan fingerprint density at radius 2 is 2.02 bits per heavy atom. The number of Topliss-reactive ketones (excluding diaryl/α,β-unsaturated/α-hetero) is 1. The molecule has 2 atom stereocenters. The predicted octanol–water partition coefficient (Wildman–Crippen LogP) is 3.51. The fourth-order valence-corrected chi connectivity index (χ4v) is 4.44.